The van der Waals surface area contributed by atoms with Crippen molar-refractivity contribution in [2.75, 3.05) is 31.7 Å². The van der Waals surface area contributed by atoms with Gasteiger partial charge in [0.05, 0.1) is 6.61 Å². The Balaban J connectivity index is 1.50. The number of hydrogen-bond donors (Lipinski definition) is 0. The van der Waals surface area contributed by atoms with Crippen molar-refractivity contribution >= 4 is 16.7 Å². The minimum atomic E-state index is -0.243. The zero-order valence-electron chi connectivity index (χ0n) is 13.1. The van der Waals surface area contributed by atoms with Gasteiger partial charge in [0.2, 0.25) is 5.13 Å². The van der Waals surface area contributed by atoms with E-state index in [9.17, 15) is 4.39 Å². The van der Waals surface area contributed by atoms with Crippen LogP contribution in [0.4, 0.5) is 9.52 Å². The van der Waals surface area contributed by atoms with Crippen LogP contribution in [0.1, 0.15) is 18.7 Å². The molecule has 0 bridgehead atoms. The maximum Gasteiger partial charge on any atom is 0.205 e. The van der Waals surface area contributed by atoms with Gasteiger partial charge in [-0.25, -0.2) is 9.37 Å². The Morgan fingerprint density at radius 1 is 1.26 bits per heavy atom. The third-order valence-corrected chi connectivity index (χ3v) is 4.63. The molecule has 0 saturated carbocycles. The van der Waals surface area contributed by atoms with Gasteiger partial charge in [0, 0.05) is 51.0 Å². The molecule has 0 atom stereocenters. The summed E-state index contributed by atoms with van der Waals surface area (Å²) in [6.45, 7) is 2.43. The lowest BCUT2D eigenvalue weighted by Gasteiger charge is -2.31. The van der Waals surface area contributed by atoms with Crippen LogP contribution in [0.3, 0.4) is 0 Å². The van der Waals surface area contributed by atoms with E-state index < -0.39 is 0 Å². The van der Waals surface area contributed by atoms with E-state index in [1.54, 1.807) is 19.2 Å². The van der Waals surface area contributed by atoms with Crippen molar-refractivity contribution in [3.8, 4) is 5.75 Å². The Labute approximate surface area is 139 Å². The van der Waals surface area contributed by atoms with E-state index in [2.05, 4.69) is 14.3 Å². The van der Waals surface area contributed by atoms with Crippen LogP contribution in [-0.2, 0) is 11.2 Å². The number of aromatic nitrogens is 2. The second-order valence-corrected chi connectivity index (χ2v) is 6.22. The van der Waals surface area contributed by atoms with Crippen LogP contribution in [0.5, 0.6) is 5.75 Å². The summed E-state index contributed by atoms with van der Waals surface area (Å²) in [5.41, 5.74) is 0. The number of methoxy groups -OCH3 is 1. The van der Waals surface area contributed by atoms with Gasteiger partial charge in [-0.3, -0.25) is 0 Å². The van der Waals surface area contributed by atoms with Crippen LogP contribution in [0.2, 0.25) is 0 Å². The molecule has 1 saturated heterocycles. The minimum Gasteiger partial charge on any atom is -0.490 e. The summed E-state index contributed by atoms with van der Waals surface area (Å²) in [4.78, 5) is 6.81. The maximum absolute atomic E-state index is 12.9. The summed E-state index contributed by atoms with van der Waals surface area (Å²) in [5, 5.41) is 0.969. The van der Waals surface area contributed by atoms with Gasteiger partial charge in [0.1, 0.15) is 23.5 Å². The SMILES string of the molecule is COCCc1nsc(N2CCC(Oc3ccc(F)cc3)CC2)n1. The smallest absolute Gasteiger partial charge is 0.205 e. The molecule has 0 aliphatic carbocycles. The van der Waals surface area contributed by atoms with Crippen LogP contribution in [0.25, 0.3) is 0 Å². The number of ether oxygens (including phenoxy) is 2. The van der Waals surface area contributed by atoms with Gasteiger partial charge in [0.15, 0.2) is 0 Å². The van der Waals surface area contributed by atoms with Gasteiger partial charge in [0.25, 0.3) is 0 Å². The zero-order chi connectivity index (χ0) is 16.1. The Kier molecular flexibility index (Phi) is 5.40. The second-order valence-electron chi connectivity index (χ2n) is 5.49. The molecule has 2 aromatic rings. The van der Waals surface area contributed by atoms with Crippen molar-refractivity contribution in [2.24, 2.45) is 0 Å². The molecule has 23 heavy (non-hydrogen) atoms. The number of piperidine rings is 1. The Morgan fingerprint density at radius 3 is 2.70 bits per heavy atom. The average molecular weight is 337 g/mol. The van der Waals surface area contributed by atoms with Crippen LogP contribution in [0, 0.1) is 5.82 Å². The number of anilines is 1. The fourth-order valence-electron chi connectivity index (χ4n) is 2.54. The van der Waals surface area contributed by atoms with Crippen molar-refractivity contribution in [1.29, 1.82) is 0 Å². The molecule has 0 N–H and O–H groups in total. The van der Waals surface area contributed by atoms with Crippen molar-refractivity contribution < 1.29 is 13.9 Å². The number of benzene rings is 1. The third kappa shape index (κ3) is 4.39. The van der Waals surface area contributed by atoms with E-state index in [1.165, 1.54) is 23.7 Å². The summed E-state index contributed by atoms with van der Waals surface area (Å²) in [6, 6.07) is 6.20. The fraction of sp³-hybridized carbons (Fsp3) is 0.500. The van der Waals surface area contributed by atoms with E-state index in [1.807, 2.05) is 0 Å². The van der Waals surface area contributed by atoms with Gasteiger partial charge in [-0.2, -0.15) is 4.37 Å². The first-order valence-electron chi connectivity index (χ1n) is 7.73. The van der Waals surface area contributed by atoms with Gasteiger partial charge in [-0.1, -0.05) is 0 Å². The quantitative estimate of drug-likeness (QED) is 0.811. The van der Waals surface area contributed by atoms with Crippen molar-refractivity contribution in [3.63, 3.8) is 0 Å². The lowest BCUT2D eigenvalue weighted by Crippen LogP contribution is -2.38. The molecule has 124 valence electrons. The number of rotatable bonds is 6. The van der Waals surface area contributed by atoms with Crippen molar-refractivity contribution in [1.82, 2.24) is 9.36 Å². The fourth-order valence-corrected chi connectivity index (χ4v) is 3.30. The second kappa shape index (κ2) is 7.70. The van der Waals surface area contributed by atoms with Gasteiger partial charge in [-0.15, -0.1) is 0 Å². The standard InChI is InChI=1S/C16H20FN3O2S/c1-21-11-8-15-18-16(23-19-15)20-9-6-14(7-10-20)22-13-4-2-12(17)3-5-13/h2-5,14H,6-11H2,1H3. The van der Waals surface area contributed by atoms with Gasteiger partial charge < -0.3 is 14.4 Å². The number of hydrogen-bond acceptors (Lipinski definition) is 6. The normalized spacial score (nSPS) is 15.8. The van der Waals surface area contributed by atoms with E-state index in [0.29, 0.717) is 6.61 Å². The first-order valence-corrected chi connectivity index (χ1v) is 8.50. The molecule has 0 unspecified atom stereocenters. The lowest BCUT2D eigenvalue weighted by atomic mass is 10.1. The number of halogens is 1. The number of nitrogens with zero attached hydrogens (tertiary/aromatic N) is 3. The summed E-state index contributed by atoms with van der Waals surface area (Å²) in [6.07, 6.45) is 2.75. The first kappa shape index (κ1) is 16.1. The molecular formula is C16H20FN3O2S. The molecule has 1 aromatic heterocycles. The molecule has 0 amide bonds. The zero-order valence-corrected chi connectivity index (χ0v) is 13.9. The summed E-state index contributed by atoms with van der Waals surface area (Å²) < 4.78 is 28.2. The predicted molar refractivity (Wildman–Crippen MR) is 87.8 cm³/mol. The Morgan fingerprint density at radius 2 is 2.00 bits per heavy atom. The van der Waals surface area contributed by atoms with Crippen LogP contribution in [0.15, 0.2) is 24.3 Å². The Hall–Kier alpha value is -1.73. The third-order valence-electron chi connectivity index (χ3n) is 3.82. The van der Waals surface area contributed by atoms with Crippen molar-refractivity contribution in [3.05, 3.63) is 35.9 Å². The molecule has 1 aliphatic heterocycles. The van der Waals surface area contributed by atoms with Crippen molar-refractivity contribution in [2.45, 2.75) is 25.4 Å². The van der Waals surface area contributed by atoms with E-state index in [-0.39, 0.29) is 11.9 Å². The molecule has 2 heterocycles. The van der Waals surface area contributed by atoms with E-state index in [0.717, 1.165) is 49.1 Å². The van der Waals surface area contributed by atoms with Crippen LogP contribution >= 0.6 is 11.5 Å². The highest BCUT2D eigenvalue weighted by molar-refractivity contribution is 7.09. The molecule has 1 aromatic carbocycles. The molecule has 0 spiro atoms. The van der Waals surface area contributed by atoms with Crippen LogP contribution in [-0.4, -0.2) is 42.3 Å². The molecule has 0 radical (unpaired) electrons. The molecule has 1 aliphatic rings. The molecule has 7 heteroatoms. The highest BCUT2D eigenvalue weighted by Gasteiger charge is 2.23. The summed E-state index contributed by atoms with van der Waals surface area (Å²) in [7, 11) is 1.68. The highest BCUT2D eigenvalue weighted by atomic mass is 32.1. The topological polar surface area (TPSA) is 47.5 Å². The van der Waals surface area contributed by atoms with Crippen LogP contribution < -0.4 is 9.64 Å². The highest BCUT2D eigenvalue weighted by Crippen LogP contribution is 2.24. The molecule has 1 fully saturated rings. The van der Waals surface area contributed by atoms with Gasteiger partial charge in [-0.05, 0) is 24.3 Å². The van der Waals surface area contributed by atoms with E-state index >= 15 is 0 Å². The monoisotopic (exact) mass is 337 g/mol. The largest absolute Gasteiger partial charge is 0.490 e. The maximum atomic E-state index is 12.9. The van der Waals surface area contributed by atoms with E-state index in [4.69, 9.17) is 9.47 Å². The average Bonchev–Trinajstić information content (AvgIpc) is 3.05. The molecular weight excluding hydrogens is 317 g/mol. The van der Waals surface area contributed by atoms with Gasteiger partial charge >= 0.3 is 0 Å². The molecule has 3 rings (SSSR count). The predicted octanol–water partition coefficient (Wildman–Crippen LogP) is 2.91. The summed E-state index contributed by atoms with van der Waals surface area (Å²) >= 11 is 1.44. The first-order chi connectivity index (χ1) is 11.2. The summed E-state index contributed by atoms with van der Waals surface area (Å²) in [5.74, 6) is 1.33. The lowest BCUT2D eigenvalue weighted by molar-refractivity contribution is 0.170. The molecule has 5 nitrogen and oxygen atoms in total. The Bertz CT molecular complexity index is 612. The minimum absolute atomic E-state index is 0.164.